The average Bonchev–Trinajstić information content (AvgIpc) is 2.83. The van der Waals surface area contributed by atoms with Crippen molar-refractivity contribution in [2.24, 2.45) is 0 Å². The number of nitrogens with two attached hydrogens (primary N) is 1. The van der Waals surface area contributed by atoms with Crippen LogP contribution in [0.2, 0.25) is 5.02 Å². The number of carbonyl (C=O) groups excluding carboxylic acids is 1. The molecule has 2 rings (SSSR count). The number of ether oxygens (including phenoxy) is 1. The number of hydrogen-bond donors (Lipinski definition) is 1. The summed E-state index contributed by atoms with van der Waals surface area (Å²) in [5.74, 6) is -0.718. The van der Waals surface area contributed by atoms with Gasteiger partial charge in [0.25, 0.3) is 0 Å². The van der Waals surface area contributed by atoms with E-state index in [9.17, 15) is 4.79 Å². The van der Waals surface area contributed by atoms with Crippen LogP contribution < -0.4 is 5.73 Å². The minimum Gasteiger partial charge on any atom is -0.464 e. The Morgan fingerprint density at radius 3 is 2.55 bits per heavy atom. The second-order valence-corrected chi connectivity index (χ2v) is 5.38. The molecule has 0 unspecified atom stereocenters. The Bertz CT molecular complexity index is 861. The molecule has 2 N–H and O–H groups in total. The van der Waals surface area contributed by atoms with Gasteiger partial charge in [0.2, 0.25) is 0 Å². The summed E-state index contributed by atoms with van der Waals surface area (Å²) in [6.45, 7) is 0. The highest BCUT2D eigenvalue weighted by molar-refractivity contribution is 9.10. The van der Waals surface area contributed by atoms with Crippen LogP contribution in [0.15, 0.2) is 22.8 Å². The zero-order valence-corrected chi connectivity index (χ0v) is 13.6. The van der Waals surface area contributed by atoms with Gasteiger partial charge in [0.1, 0.15) is 12.1 Å². The maximum absolute atomic E-state index is 12.0. The van der Waals surface area contributed by atoms with E-state index in [1.54, 1.807) is 6.07 Å². The van der Waals surface area contributed by atoms with Crippen LogP contribution in [0.4, 0.5) is 5.69 Å². The van der Waals surface area contributed by atoms with E-state index in [2.05, 4.69) is 15.9 Å². The molecule has 0 saturated carbocycles. The van der Waals surface area contributed by atoms with Gasteiger partial charge in [-0.3, -0.25) is 0 Å². The van der Waals surface area contributed by atoms with Gasteiger partial charge in [-0.05, 0) is 28.1 Å². The summed E-state index contributed by atoms with van der Waals surface area (Å²) < 4.78 is 6.57. The molecule has 8 heteroatoms. The Balaban J connectivity index is 2.88. The molecule has 0 amide bonds. The van der Waals surface area contributed by atoms with Crippen LogP contribution in [0.1, 0.15) is 21.6 Å². The molecule has 0 spiro atoms. The summed E-state index contributed by atoms with van der Waals surface area (Å²) in [4.78, 5) is 12.0. The van der Waals surface area contributed by atoms with Crippen LogP contribution in [0.25, 0.3) is 5.69 Å². The Morgan fingerprint density at radius 2 is 2.00 bits per heavy atom. The van der Waals surface area contributed by atoms with E-state index >= 15 is 0 Å². The third kappa shape index (κ3) is 2.41. The quantitative estimate of drug-likeness (QED) is 0.808. The molecular weight excluding hydrogens is 372 g/mol. The van der Waals surface area contributed by atoms with Crippen molar-refractivity contribution in [2.75, 3.05) is 12.8 Å². The molecule has 1 heterocycles. The van der Waals surface area contributed by atoms with Crippen LogP contribution in [0.3, 0.4) is 0 Å². The SMILES string of the molecule is COC(=O)c1c(N)c(C#N)cn1-c1c(Br)ccc(C#N)c1Cl. The molecule has 1 aromatic heterocycles. The number of benzene rings is 1. The molecule has 0 bridgehead atoms. The van der Waals surface area contributed by atoms with E-state index in [0.717, 1.165) is 0 Å². The number of halogens is 2. The molecule has 0 radical (unpaired) electrons. The highest BCUT2D eigenvalue weighted by atomic mass is 79.9. The highest BCUT2D eigenvalue weighted by Gasteiger charge is 2.24. The molecular formula is C14H8BrClN4O2. The molecule has 1 aromatic carbocycles. The molecule has 110 valence electrons. The fourth-order valence-electron chi connectivity index (χ4n) is 1.94. The predicted octanol–water partition coefficient (Wildman–Crippen LogP) is 3.01. The fraction of sp³-hybridized carbons (Fsp3) is 0.0714. The largest absolute Gasteiger partial charge is 0.464 e. The number of rotatable bonds is 2. The van der Waals surface area contributed by atoms with Crippen LogP contribution >= 0.6 is 27.5 Å². The first-order chi connectivity index (χ1) is 10.5. The van der Waals surface area contributed by atoms with Gasteiger partial charge in [-0.2, -0.15) is 10.5 Å². The summed E-state index contributed by atoms with van der Waals surface area (Å²) in [5.41, 5.74) is 6.44. The van der Waals surface area contributed by atoms with E-state index in [4.69, 9.17) is 32.6 Å². The first-order valence-electron chi connectivity index (χ1n) is 5.84. The number of methoxy groups -OCH3 is 1. The lowest BCUT2D eigenvalue weighted by Crippen LogP contribution is -2.12. The molecule has 0 aliphatic carbocycles. The number of hydrogen-bond acceptors (Lipinski definition) is 5. The standard InChI is InChI=1S/C14H8BrClN4O2/c1-22-14(21)13-11(19)8(5-18)6-20(13)12-9(15)3-2-7(4-17)10(12)16/h2-3,6H,19H2,1H3. The summed E-state index contributed by atoms with van der Waals surface area (Å²) in [6.07, 6.45) is 1.37. The Morgan fingerprint density at radius 1 is 1.36 bits per heavy atom. The summed E-state index contributed by atoms with van der Waals surface area (Å²) in [5, 5.41) is 18.3. The minimum atomic E-state index is -0.718. The number of esters is 1. The molecule has 0 aliphatic rings. The smallest absolute Gasteiger partial charge is 0.357 e. The van der Waals surface area contributed by atoms with E-state index in [1.807, 2.05) is 12.1 Å². The zero-order valence-electron chi connectivity index (χ0n) is 11.2. The van der Waals surface area contributed by atoms with Crippen molar-refractivity contribution in [3.63, 3.8) is 0 Å². The predicted molar refractivity (Wildman–Crippen MR) is 83.7 cm³/mol. The molecule has 0 atom stereocenters. The highest BCUT2D eigenvalue weighted by Crippen LogP contribution is 2.35. The third-order valence-electron chi connectivity index (χ3n) is 2.97. The average molecular weight is 380 g/mol. The minimum absolute atomic E-state index is 0.0142. The molecule has 22 heavy (non-hydrogen) atoms. The summed E-state index contributed by atoms with van der Waals surface area (Å²) in [7, 11) is 1.20. The van der Waals surface area contributed by atoms with Gasteiger partial charge < -0.3 is 15.0 Å². The monoisotopic (exact) mass is 378 g/mol. The topological polar surface area (TPSA) is 105 Å². The van der Waals surface area contributed by atoms with Gasteiger partial charge in [-0.15, -0.1) is 0 Å². The Hall–Kier alpha value is -2.48. The van der Waals surface area contributed by atoms with Crippen molar-refractivity contribution in [2.45, 2.75) is 0 Å². The van der Waals surface area contributed by atoms with Gasteiger partial charge in [-0.25, -0.2) is 4.79 Å². The molecule has 2 aromatic rings. The Kier molecular flexibility index (Phi) is 4.41. The van der Waals surface area contributed by atoms with Crippen molar-refractivity contribution in [3.8, 4) is 17.8 Å². The van der Waals surface area contributed by atoms with Crippen LogP contribution in [-0.4, -0.2) is 17.6 Å². The number of nitrogen functional groups attached to an aromatic ring is 1. The van der Waals surface area contributed by atoms with Crippen molar-refractivity contribution in [1.82, 2.24) is 4.57 Å². The van der Waals surface area contributed by atoms with Crippen LogP contribution in [0.5, 0.6) is 0 Å². The molecule has 0 aliphatic heterocycles. The second-order valence-electron chi connectivity index (χ2n) is 4.15. The van der Waals surface area contributed by atoms with Crippen LogP contribution in [-0.2, 0) is 4.74 Å². The lowest BCUT2D eigenvalue weighted by Gasteiger charge is -2.13. The second kappa shape index (κ2) is 6.10. The summed E-state index contributed by atoms with van der Waals surface area (Å²) in [6, 6.07) is 7.00. The number of nitriles is 2. The van der Waals surface area contributed by atoms with Crippen molar-refractivity contribution in [3.05, 3.63) is 44.6 Å². The van der Waals surface area contributed by atoms with E-state index in [0.29, 0.717) is 10.2 Å². The molecule has 0 saturated heterocycles. The number of aromatic nitrogens is 1. The lowest BCUT2D eigenvalue weighted by atomic mass is 10.2. The third-order valence-corrected chi connectivity index (χ3v) is 3.99. The number of anilines is 1. The number of nitrogens with zero attached hydrogens (tertiary/aromatic N) is 3. The molecule has 6 nitrogen and oxygen atoms in total. The van der Waals surface area contributed by atoms with Gasteiger partial charge in [0, 0.05) is 10.7 Å². The van der Waals surface area contributed by atoms with Gasteiger partial charge in [0.15, 0.2) is 5.69 Å². The first-order valence-corrected chi connectivity index (χ1v) is 7.01. The van der Waals surface area contributed by atoms with Gasteiger partial charge in [0.05, 0.1) is 34.6 Å². The van der Waals surface area contributed by atoms with Crippen molar-refractivity contribution in [1.29, 1.82) is 10.5 Å². The first kappa shape index (κ1) is 15.9. The van der Waals surface area contributed by atoms with Gasteiger partial charge >= 0.3 is 5.97 Å². The van der Waals surface area contributed by atoms with E-state index in [-0.39, 0.29) is 27.5 Å². The fourth-order valence-corrected chi connectivity index (χ4v) is 2.87. The maximum atomic E-state index is 12.0. The molecule has 0 fully saturated rings. The van der Waals surface area contributed by atoms with E-state index in [1.165, 1.54) is 23.9 Å². The summed E-state index contributed by atoms with van der Waals surface area (Å²) >= 11 is 9.54. The van der Waals surface area contributed by atoms with E-state index < -0.39 is 5.97 Å². The van der Waals surface area contributed by atoms with Crippen molar-refractivity contribution < 1.29 is 9.53 Å². The van der Waals surface area contributed by atoms with Crippen molar-refractivity contribution >= 4 is 39.2 Å². The maximum Gasteiger partial charge on any atom is 0.357 e. The van der Waals surface area contributed by atoms with Gasteiger partial charge in [-0.1, -0.05) is 11.6 Å². The Labute approximate surface area is 139 Å². The normalized spacial score (nSPS) is 9.86. The number of carbonyl (C=O) groups is 1. The van der Waals surface area contributed by atoms with Crippen LogP contribution in [0, 0.1) is 22.7 Å². The lowest BCUT2D eigenvalue weighted by molar-refractivity contribution is 0.0593. The zero-order chi connectivity index (χ0) is 16.4.